The summed E-state index contributed by atoms with van der Waals surface area (Å²) in [5.41, 5.74) is 2.22. The van der Waals surface area contributed by atoms with Crippen LogP contribution in [0.5, 0.6) is 0 Å². The zero-order chi connectivity index (χ0) is 29.4. The molecule has 1 saturated heterocycles. The van der Waals surface area contributed by atoms with E-state index in [9.17, 15) is 5.11 Å². The van der Waals surface area contributed by atoms with Crippen LogP contribution in [0.4, 0.5) is 0 Å². The van der Waals surface area contributed by atoms with Gasteiger partial charge < -0.3 is 20.6 Å². The number of carbonyl (C=O) groups is 2. The third-order valence-electron chi connectivity index (χ3n) is 6.66. The number of aliphatic carboxylic acids is 2. The minimum atomic E-state index is -1.82. The first-order valence-corrected chi connectivity index (χ1v) is 15.6. The summed E-state index contributed by atoms with van der Waals surface area (Å²) in [4.78, 5) is 18.2. The zero-order valence-electron chi connectivity index (χ0n) is 23.0. The molecule has 0 unspecified atom stereocenters. The molecule has 6 nitrogen and oxygen atoms in total. The molecule has 216 valence electrons. The fraction of sp³-hybridized carbons (Fsp3) is 0.333. The highest BCUT2D eigenvalue weighted by Crippen LogP contribution is 2.58. The molecule has 3 aromatic rings. The lowest BCUT2D eigenvalue weighted by Crippen LogP contribution is -2.49. The number of aryl methyl sites for hydroxylation is 1. The number of thioether (sulfide) groups is 2. The van der Waals surface area contributed by atoms with Gasteiger partial charge in [0.2, 0.25) is 0 Å². The SMILES string of the molecule is O=C(O)C(=O)O.OC(c1ccccc1)(c1ccccc1)C1(CCC#CCNCCCc2ccccc2)SCCCS1. The molecule has 41 heavy (non-hydrogen) atoms. The monoisotopic (exact) mass is 591 g/mol. The molecule has 1 fully saturated rings. The number of rotatable bonds is 10. The molecule has 0 saturated carbocycles. The molecule has 0 radical (unpaired) electrons. The number of hydrogen-bond donors (Lipinski definition) is 4. The van der Waals surface area contributed by atoms with Gasteiger partial charge in [0.25, 0.3) is 0 Å². The van der Waals surface area contributed by atoms with Gasteiger partial charge in [-0.2, -0.15) is 0 Å². The van der Waals surface area contributed by atoms with Crippen LogP contribution >= 0.6 is 23.5 Å². The Hall–Kier alpha value is -3.22. The fourth-order valence-corrected chi connectivity index (χ4v) is 8.30. The van der Waals surface area contributed by atoms with Crippen LogP contribution < -0.4 is 5.32 Å². The normalized spacial score (nSPS) is 14.1. The second-order valence-electron chi connectivity index (χ2n) is 9.48. The van der Waals surface area contributed by atoms with Gasteiger partial charge in [0.15, 0.2) is 0 Å². The van der Waals surface area contributed by atoms with E-state index < -0.39 is 17.5 Å². The van der Waals surface area contributed by atoms with Crippen molar-refractivity contribution in [3.8, 4) is 11.8 Å². The van der Waals surface area contributed by atoms with Gasteiger partial charge in [-0.05, 0) is 60.4 Å². The number of aliphatic hydroxyl groups is 1. The minimum Gasteiger partial charge on any atom is -0.473 e. The molecule has 0 aromatic heterocycles. The van der Waals surface area contributed by atoms with Gasteiger partial charge in [0.05, 0.1) is 10.6 Å². The summed E-state index contributed by atoms with van der Waals surface area (Å²) in [6, 6.07) is 31.0. The third-order valence-corrected chi connectivity index (χ3v) is 10.3. The van der Waals surface area contributed by atoms with Crippen LogP contribution in [0.25, 0.3) is 0 Å². The summed E-state index contributed by atoms with van der Waals surface area (Å²) in [7, 11) is 0. The first-order chi connectivity index (χ1) is 19.9. The number of carboxylic acid groups (broad SMARTS) is 2. The van der Waals surface area contributed by atoms with Crippen molar-refractivity contribution < 1.29 is 24.9 Å². The van der Waals surface area contributed by atoms with Crippen LogP contribution in [-0.4, -0.2) is 55.9 Å². The average molecular weight is 592 g/mol. The van der Waals surface area contributed by atoms with E-state index in [1.807, 2.05) is 59.9 Å². The van der Waals surface area contributed by atoms with Gasteiger partial charge in [0, 0.05) is 6.42 Å². The highest BCUT2D eigenvalue weighted by Gasteiger charge is 2.54. The fourth-order valence-electron chi connectivity index (χ4n) is 4.67. The maximum atomic E-state index is 12.5. The van der Waals surface area contributed by atoms with E-state index in [1.165, 1.54) is 12.0 Å². The van der Waals surface area contributed by atoms with Gasteiger partial charge in [-0.3, -0.25) is 0 Å². The van der Waals surface area contributed by atoms with Crippen LogP contribution in [0.2, 0.25) is 0 Å². The van der Waals surface area contributed by atoms with Crippen molar-refractivity contribution in [2.45, 2.75) is 41.8 Å². The van der Waals surface area contributed by atoms with Gasteiger partial charge in [-0.15, -0.1) is 29.4 Å². The molecule has 3 aromatic carbocycles. The van der Waals surface area contributed by atoms with Crippen LogP contribution in [0, 0.1) is 11.8 Å². The van der Waals surface area contributed by atoms with Crippen molar-refractivity contribution in [1.82, 2.24) is 5.32 Å². The molecule has 1 aliphatic rings. The van der Waals surface area contributed by atoms with E-state index in [0.29, 0.717) is 6.54 Å². The molecular formula is C33H37NO5S2. The summed E-state index contributed by atoms with van der Waals surface area (Å²) in [6.07, 6.45) is 4.99. The smallest absolute Gasteiger partial charge is 0.414 e. The number of hydrogen-bond acceptors (Lipinski definition) is 6. The van der Waals surface area contributed by atoms with E-state index >= 15 is 0 Å². The first-order valence-electron chi connectivity index (χ1n) is 13.7. The van der Waals surface area contributed by atoms with Crippen LogP contribution in [0.3, 0.4) is 0 Å². The van der Waals surface area contributed by atoms with Crippen molar-refractivity contribution in [3.05, 3.63) is 108 Å². The summed E-state index contributed by atoms with van der Waals surface area (Å²) >= 11 is 3.82. The Kier molecular flexibility index (Phi) is 13.3. The Morgan fingerprint density at radius 2 is 1.32 bits per heavy atom. The van der Waals surface area contributed by atoms with E-state index in [2.05, 4.69) is 71.8 Å². The Morgan fingerprint density at radius 3 is 1.83 bits per heavy atom. The van der Waals surface area contributed by atoms with E-state index in [-0.39, 0.29) is 4.08 Å². The standard InChI is InChI=1S/C31H35NOS2.C2H2O4/c33-31(28-18-7-2-8-19-28,29-20-9-3-10-21-29)30(34-25-14-26-35-30)22-11-4-12-23-32-24-13-17-27-15-5-1-6-16-27;3-1(4)2(5)6/h1-3,5-10,15-16,18-21,32-33H,11,13-14,17,22-26H2;(H,3,4)(H,5,6). The van der Waals surface area contributed by atoms with Gasteiger partial charge >= 0.3 is 11.9 Å². The Labute approximate surface area is 251 Å². The molecule has 0 spiro atoms. The molecule has 1 aliphatic heterocycles. The Bertz CT molecular complexity index is 1220. The molecule has 4 N–H and O–H groups in total. The number of nitrogens with one attached hydrogen (secondary N) is 1. The second-order valence-corrected chi connectivity index (χ2v) is 12.5. The predicted octanol–water partition coefficient (Wildman–Crippen LogP) is 5.65. The third kappa shape index (κ3) is 9.40. The number of benzene rings is 3. The molecule has 4 rings (SSSR count). The average Bonchev–Trinajstić information content (AvgIpc) is 3.02. The molecule has 0 aliphatic carbocycles. The maximum Gasteiger partial charge on any atom is 0.414 e. The van der Waals surface area contributed by atoms with Crippen LogP contribution in [0.1, 0.15) is 42.4 Å². The van der Waals surface area contributed by atoms with Gasteiger partial charge in [-0.25, -0.2) is 9.59 Å². The molecule has 0 bridgehead atoms. The second kappa shape index (κ2) is 16.9. The predicted molar refractivity (Wildman–Crippen MR) is 168 cm³/mol. The molecular weight excluding hydrogens is 554 g/mol. The highest BCUT2D eigenvalue weighted by molar-refractivity contribution is 8.18. The molecule has 0 amide bonds. The Morgan fingerprint density at radius 1 is 0.805 bits per heavy atom. The maximum absolute atomic E-state index is 12.5. The van der Waals surface area contributed by atoms with E-state index in [0.717, 1.165) is 54.9 Å². The molecule has 0 atom stereocenters. The van der Waals surface area contributed by atoms with Crippen molar-refractivity contribution >= 4 is 35.5 Å². The van der Waals surface area contributed by atoms with E-state index in [4.69, 9.17) is 19.8 Å². The highest BCUT2D eigenvalue weighted by atomic mass is 32.2. The van der Waals surface area contributed by atoms with Gasteiger partial charge in [-0.1, -0.05) is 96.9 Å². The lowest BCUT2D eigenvalue weighted by molar-refractivity contribution is -0.159. The molecule has 8 heteroatoms. The van der Waals surface area contributed by atoms with Crippen LogP contribution in [-0.2, 0) is 21.6 Å². The zero-order valence-corrected chi connectivity index (χ0v) is 24.6. The lowest BCUT2D eigenvalue weighted by Gasteiger charge is -2.49. The largest absolute Gasteiger partial charge is 0.473 e. The van der Waals surface area contributed by atoms with Crippen molar-refractivity contribution in [2.75, 3.05) is 24.6 Å². The summed E-state index contributed by atoms with van der Waals surface area (Å²) in [5, 5.41) is 30.8. The Balaban J connectivity index is 0.000000696. The summed E-state index contributed by atoms with van der Waals surface area (Å²) < 4.78 is -0.369. The van der Waals surface area contributed by atoms with Crippen molar-refractivity contribution in [2.24, 2.45) is 0 Å². The van der Waals surface area contributed by atoms with Crippen molar-refractivity contribution in [1.29, 1.82) is 0 Å². The topological polar surface area (TPSA) is 107 Å². The van der Waals surface area contributed by atoms with E-state index in [1.54, 1.807) is 0 Å². The summed E-state index contributed by atoms with van der Waals surface area (Å²) in [6.45, 7) is 1.69. The minimum absolute atomic E-state index is 0.369. The number of carboxylic acids is 2. The van der Waals surface area contributed by atoms with Crippen LogP contribution in [0.15, 0.2) is 91.0 Å². The summed E-state index contributed by atoms with van der Waals surface area (Å²) in [5.74, 6) is 5.18. The quantitative estimate of drug-likeness (QED) is 0.136. The first kappa shape index (κ1) is 32.3. The molecule has 1 heterocycles. The lowest BCUT2D eigenvalue weighted by atomic mass is 9.81. The van der Waals surface area contributed by atoms with Gasteiger partial charge in [0.1, 0.15) is 5.60 Å². The van der Waals surface area contributed by atoms with Crippen molar-refractivity contribution in [3.63, 3.8) is 0 Å².